The van der Waals surface area contributed by atoms with Crippen molar-refractivity contribution in [2.45, 2.75) is 32.9 Å². The van der Waals surface area contributed by atoms with E-state index in [4.69, 9.17) is 4.74 Å². The van der Waals surface area contributed by atoms with Crippen molar-refractivity contribution in [1.29, 1.82) is 0 Å². The highest BCUT2D eigenvalue weighted by atomic mass is 16.5. The normalized spacial score (nSPS) is 12.2. The summed E-state index contributed by atoms with van der Waals surface area (Å²) >= 11 is 0. The first-order chi connectivity index (χ1) is 9.70. The number of ether oxygens (including phenoxy) is 1. The third kappa shape index (κ3) is 3.81. The molecule has 0 spiro atoms. The number of methoxy groups -OCH3 is 1. The highest BCUT2D eigenvalue weighted by molar-refractivity contribution is 5.33. The predicted octanol–water partition coefficient (Wildman–Crippen LogP) is 3.12. The fraction of sp³-hybridized carbons (Fsp3) is 0.353. The first-order valence-electron chi connectivity index (χ1n) is 6.96. The van der Waals surface area contributed by atoms with Crippen molar-refractivity contribution in [3.63, 3.8) is 0 Å². The van der Waals surface area contributed by atoms with Gasteiger partial charge in [0.15, 0.2) is 0 Å². The lowest BCUT2D eigenvalue weighted by Gasteiger charge is -2.16. The van der Waals surface area contributed by atoms with Crippen LogP contribution in [0.3, 0.4) is 0 Å². The van der Waals surface area contributed by atoms with Crippen molar-refractivity contribution in [2.24, 2.45) is 0 Å². The van der Waals surface area contributed by atoms with Gasteiger partial charge in [0.2, 0.25) is 0 Å². The molecule has 1 atom stereocenters. The Hall–Kier alpha value is -1.87. The zero-order valence-electron chi connectivity index (χ0n) is 12.4. The van der Waals surface area contributed by atoms with Gasteiger partial charge in [-0.1, -0.05) is 24.3 Å². The number of hydrogen-bond donors (Lipinski definition) is 1. The summed E-state index contributed by atoms with van der Waals surface area (Å²) in [5, 5.41) is 3.52. The molecule has 0 radical (unpaired) electrons. The molecule has 2 rings (SSSR count). The number of rotatable bonds is 6. The van der Waals surface area contributed by atoms with Crippen LogP contribution in [0.2, 0.25) is 0 Å². The Morgan fingerprint density at radius 3 is 2.75 bits per heavy atom. The second-order valence-corrected chi connectivity index (χ2v) is 5.06. The minimum Gasteiger partial charge on any atom is -0.496 e. The zero-order chi connectivity index (χ0) is 14.4. The molecule has 0 aliphatic heterocycles. The zero-order valence-corrected chi connectivity index (χ0v) is 12.4. The summed E-state index contributed by atoms with van der Waals surface area (Å²) in [6, 6.07) is 12.6. The molecule has 0 saturated heterocycles. The third-order valence-electron chi connectivity index (χ3n) is 3.45. The number of pyridine rings is 1. The van der Waals surface area contributed by atoms with Gasteiger partial charge < -0.3 is 10.1 Å². The van der Waals surface area contributed by atoms with Crippen molar-refractivity contribution in [1.82, 2.24) is 10.3 Å². The minimum absolute atomic E-state index is 0.368. The molecule has 0 bridgehead atoms. The lowest BCUT2D eigenvalue weighted by molar-refractivity contribution is 0.406. The van der Waals surface area contributed by atoms with Crippen LogP contribution in [-0.2, 0) is 13.0 Å². The maximum atomic E-state index is 5.39. The lowest BCUT2D eigenvalue weighted by atomic mass is 10.1. The molecule has 1 N–H and O–H groups in total. The molecule has 0 aliphatic rings. The molecule has 3 nitrogen and oxygen atoms in total. The van der Waals surface area contributed by atoms with Crippen LogP contribution in [0, 0.1) is 6.92 Å². The highest BCUT2D eigenvalue weighted by Crippen LogP contribution is 2.18. The van der Waals surface area contributed by atoms with E-state index in [1.807, 2.05) is 30.5 Å². The first kappa shape index (κ1) is 14.5. The maximum absolute atomic E-state index is 5.39. The fourth-order valence-electron chi connectivity index (χ4n) is 2.25. The first-order valence-corrected chi connectivity index (χ1v) is 6.96. The molecular formula is C17H22N2O. The Morgan fingerprint density at radius 2 is 2.00 bits per heavy atom. The summed E-state index contributed by atoms with van der Waals surface area (Å²) in [5.74, 6) is 0.954. The molecular weight excluding hydrogens is 248 g/mol. The Balaban J connectivity index is 1.93. The van der Waals surface area contributed by atoms with E-state index in [1.165, 1.54) is 11.1 Å². The van der Waals surface area contributed by atoms with E-state index >= 15 is 0 Å². The average molecular weight is 270 g/mol. The van der Waals surface area contributed by atoms with Crippen LogP contribution < -0.4 is 10.1 Å². The van der Waals surface area contributed by atoms with Gasteiger partial charge in [0.25, 0.3) is 0 Å². The van der Waals surface area contributed by atoms with Crippen molar-refractivity contribution in [2.75, 3.05) is 7.11 Å². The summed E-state index contributed by atoms with van der Waals surface area (Å²) in [6.07, 6.45) is 2.78. The van der Waals surface area contributed by atoms with Crippen molar-refractivity contribution >= 4 is 0 Å². The van der Waals surface area contributed by atoms with E-state index in [9.17, 15) is 0 Å². The molecule has 106 valence electrons. The van der Waals surface area contributed by atoms with Crippen molar-refractivity contribution < 1.29 is 4.74 Å². The van der Waals surface area contributed by atoms with Gasteiger partial charge in [-0.15, -0.1) is 0 Å². The van der Waals surface area contributed by atoms with E-state index in [1.54, 1.807) is 7.11 Å². The summed E-state index contributed by atoms with van der Waals surface area (Å²) in [4.78, 5) is 4.40. The Labute approximate surface area is 121 Å². The van der Waals surface area contributed by atoms with Gasteiger partial charge in [-0.2, -0.15) is 0 Å². The van der Waals surface area contributed by atoms with Crippen LogP contribution in [0.15, 0.2) is 42.6 Å². The molecule has 1 heterocycles. The Morgan fingerprint density at radius 1 is 1.20 bits per heavy atom. The Kier molecular flexibility index (Phi) is 5.13. The van der Waals surface area contributed by atoms with Crippen LogP contribution in [0.1, 0.15) is 23.7 Å². The van der Waals surface area contributed by atoms with Crippen molar-refractivity contribution in [3.8, 4) is 5.75 Å². The second kappa shape index (κ2) is 7.06. The van der Waals surface area contributed by atoms with E-state index < -0.39 is 0 Å². The van der Waals surface area contributed by atoms with E-state index in [2.05, 4.69) is 36.3 Å². The van der Waals surface area contributed by atoms with Crippen LogP contribution in [0.5, 0.6) is 5.75 Å². The van der Waals surface area contributed by atoms with E-state index in [0.29, 0.717) is 6.04 Å². The topological polar surface area (TPSA) is 34.1 Å². The summed E-state index contributed by atoms with van der Waals surface area (Å²) < 4.78 is 5.39. The number of hydrogen-bond acceptors (Lipinski definition) is 3. The maximum Gasteiger partial charge on any atom is 0.122 e. The van der Waals surface area contributed by atoms with Gasteiger partial charge in [-0.25, -0.2) is 0 Å². The van der Waals surface area contributed by atoms with Gasteiger partial charge in [-0.3, -0.25) is 4.98 Å². The lowest BCUT2D eigenvalue weighted by Crippen LogP contribution is -2.28. The number of para-hydroxylation sites is 1. The molecule has 0 fully saturated rings. The quantitative estimate of drug-likeness (QED) is 0.875. The van der Waals surface area contributed by atoms with Crippen LogP contribution in [0.4, 0.5) is 0 Å². The molecule has 1 unspecified atom stereocenters. The number of nitrogens with one attached hydrogen (secondary N) is 1. The SMILES string of the molecule is COc1ccccc1CC(C)NCc1ncccc1C. The molecule has 2 aromatic rings. The van der Waals surface area contributed by atoms with Gasteiger partial charge in [0.05, 0.1) is 12.8 Å². The van der Waals surface area contributed by atoms with Crippen LogP contribution >= 0.6 is 0 Å². The van der Waals surface area contributed by atoms with Gasteiger partial charge >= 0.3 is 0 Å². The van der Waals surface area contributed by atoms with Gasteiger partial charge in [0, 0.05) is 18.8 Å². The summed E-state index contributed by atoms with van der Waals surface area (Å²) in [7, 11) is 1.72. The van der Waals surface area contributed by atoms with Gasteiger partial charge in [0.1, 0.15) is 5.75 Å². The monoisotopic (exact) mass is 270 g/mol. The van der Waals surface area contributed by atoms with Crippen LogP contribution in [-0.4, -0.2) is 18.1 Å². The molecule has 0 amide bonds. The number of nitrogens with zero attached hydrogens (tertiary/aromatic N) is 1. The standard InChI is InChI=1S/C17H22N2O/c1-13-7-6-10-18-16(13)12-19-14(2)11-15-8-4-5-9-17(15)20-3/h4-10,14,19H,11-12H2,1-3H3. The average Bonchev–Trinajstić information content (AvgIpc) is 2.47. The second-order valence-electron chi connectivity index (χ2n) is 5.06. The predicted molar refractivity (Wildman–Crippen MR) is 82.0 cm³/mol. The molecule has 1 aromatic carbocycles. The molecule has 20 heavy (non-hydrogen) atoms. The van der Waals surface area contributed by atoms with Crippen molar-refractivity contribution in [3.05, 3.63) is 59.4 Å². The Bertz CT molecular complexity index is 554. The van der Waals surface area contributed by atoms with E-state index in [0.717, 1.165) is 24.4 Å². The number of benzene rings is 1. The third-order valence-corrected chi connectivity index (χ3v) is 3.45. The largest absolute Gasteiger partial charge is 0.496 e. The minimum atomic E-state index is 0.368. The molecule has 1 aromatic heterocycles. The molecule has 3 heteroatoms. The summed E-state index contributed by atoms with van der Waals surface area (Å²) in [6.45, 7) is 5.07. The van der Waals surface area contributed by atoms with Crippen LogP contribution in [0.25, 0.3) is 0 Å². The smallest absolute Gasteiger partial charge is 0.122 e. The summed E-state index contributed by atoms with van der Waals surface area (Å²) in [5.41, 5.74) is 3.57. The molecule has 0 aliphatic carbocycles. The number of aromatic nitrogens is 1. The fourth-order valence-corrected chi connectivity index (χ4v) is 2.25. The number of aryl methyl sites for hydroxylation is 1. The van der Waals surface area contributed by atoms with E-state index in [-0.39, 0.29) is 0 Å². The van der Waals surface area contributed by atoms with Gasteiger partial charge in [-0.05, 0) is 43.5 Å². The highest BCUT2D eigenvalue weighted by Gasteiger charge is 2.08. The molecule has 0 saturated carbocycles.